The lowest BCUT2D eigenvalue weighted by Crippen LogP contribution is -2.16. The molecule has 0 spiro atoms. The van der Waals surface area contributed by atoms with Crippen LogP contribution in [0.4, 0.5) is 5.69 Å². The molecular formula is C15H12Cl2N2OS. The van der Waals surface area contributed by atoms with Gasteiger partial charge in [0.15, 0.2) is 0 Å². The van der Waals surface area contributed by atoms with Crippen LogP contribution in [-0.4, -0.2) is 10.9 Å². The fourth-order valence-electron chi connectivity index (χ4n) is 1.80. The summed E-state index contributed by atoms with van der Waals surface area (Å²) >= 11 is 16.8. The number of hydrogen-bond donors (Lipinski definition) is 2. The Bertz CT molecular complexity index is 704. The van der Waals surface area contributed by atoms with E-state index in [1.165, 1.54) is 0 Å². The van der Waals surface area contributed by atoms with E-state index in [9.17, 15) is 4.79 Å². The summed E-state index contributed by atoms with van der Waals surface area (Å²) in [6, 6.07) is 12.1. The number of benzene rings is 2. The zero-order valence-corrected chi connectivity index (χ0v) is 13.2. The van der Waals surface area contributed by atoms with Gasteiger partial charge in [-0.3, -0.25) is 4.79 Å². The topological polar surface area (TPSA) is 55.1 Å². The SMILES string of the molecule is NC(=S)c1ccc(Cl)c(NC(=O)Cc2cccc(Cl)c2)c1. The summed E-state index contributed by atoms with van der Waals surface area (Å²) in [7, 11) is 0. The Hall–Kier alpha value is -1.62. The van der Waals surface area contributed by atoms with Crippen LogP contribution in [0.2, 0.25) is 10.0 Å². The summed E-state index contributed by atoms with van der Waals surface area (Å²) in [4.78, 5) is 12.3. The van der Waals surface area contributed by atoms with Gasteiger partial charge in [0.2, 0.25) is 5.91 Å². The van der Waals surface area contributed by atoms with Crippen molar-refractivity contribution in [3.05, 3.63) is 63.6 Å². The Morgan fingerprint density at radius 1 is 1.19 bits per heavy atom. The highest BCUT2D eigenvalue weighted by Gasteiger charge is 2.09. The van der Waals surface area contributed by atoms with Gasteiger partial charge in [-0.1, -0.05) is 53.6 Å². The molecule has 0 aliphatic carbocycles. The van der Waals surface area contributed by atoms with Gasteiger partial charge in [-0.2, -0.15) is 0 Å². The third kappa shape index (κ3) is 4.43. The van der Waals surface area contributed by atoms with Crippen molar-refractivity contribution in [1.29, 1.82) is 0 Å². The monoisotopic (exact) mass is 338 g/mol. The van der Waals surface area contributed by atoms with E-state index in [4.69, 9.17) is 41.2 Å². The molecule has 0 aliphatic rings. The van der Waals surface area contributed by atoms with Crippen molar-refractivity contribution >= 4 is 52.0 Å². The van der Waals surface area contributed by atoms with Crippen LogP contribution >= 0.6 is 35.4 Å². The summed E-state index contributed by atoms with van der Waals surface area (Å²) < 4.78 is 0. The minimum Gasteiger partial charge on any atom is -0.389 e. The lowest BCUT2D eigenvalue weighted by Gasteiger charge is -2.09. The van der Waals surface area contributed by atoms with Gasteiger partial charge in [-0.15, -0.1) is 0 Å². The number of nitrogens with two attached hydrogens (primary N) is 1. The largest absolute Gasteiger partial charge is 0.389 e. The van der Waals surface area contributed by atoms with E-state index in [2.05, 4.69) is 5.32 Å². The zero-order chi connectivity index (χ0) is 15.4. The first-order chi connectivity index (χ1) is 9.95. The molecule has 2 aromatic carbocycles. The molecule has 0 atom stereocenters. The quantitative estimate of drug-likeness (QED) is 0.833. The zero-order valence-electron chi connectivity index (χ0n) is 10.9. The molecule has 1 amide bonds. The second kappa shape index (κ2) is 6.89. The Kier molecular flexibility index (Phi) is 5.17. The molecular weight excluding hydrogens is 327 g/mol. The summed E-state index contributed by atoms with van der Waals surface area (Å²) in [5.41, 5.74) is 7.51. The third-order valence-electron chi connectivity index (χ3n) is 2.78. The number of thiocarbonyl (C=S) groups is 1. The van der Waals surface area contributed by atoms with Gasteiger partial charge in [-0.25, -0.2) is 0 Å². The molecule has 3 N–H and O–H groups in total. The van der Waals surface area contributed by atoms with Crippen molar-refractivity contribution in [2.75, 3.05) is 5.32 Å². The van der Waals surface area contributed by atoms with Gasteiger partial charge in [0, 0.05) is 10.6 Å². The number of hydrogen-bond acceptors (Lipinski definition) is 2. The van der Waals surface area contributed by atoms with E-state index >= 15 is 0 Å². The summed E-state index contributed by atoms with van der Waals surface area (Å²) in [6.45, 7) is 0. The van der Waals surface area contributed by atoms with E-state index in [1.54, 1.807) is 36.4 Å². The van der Waals surface area contributed by atoms with Crippen molar-refractivity contribution < 1.29 is 4.79 Å². The predicted molar refractivity (Wildman–Crippen MR) is 91.1 cm³/mol. The number of anilines is 1. The van der Waals surface area contributed by atoms with E-state index in [1.807, 2.05) is 6.07 Å². The molecule has 2 aromatic rings. The second-order valence-electron chi connectivity index (χ2n) is 4.41. The summed E-state index contributed by atoms with van der Waals surface area (Å²) in [5, 5.41) is 3.76. The number of carbonyl (C=O) groups excluding carboxylic acids is 1. The number of amides is 1. The fourth-order valence-corrected chi connectivity index (χ4v) is 2.31. The molecule has 0 fully saturated rings. The van der Waals surface area contributed by atoms with Gasteiger partial charge >= 0.3 is 0 Å². The van der Waals surface area contributed by atoms with Gasteiger partial charge in [0.25, 0.3) is 0 Å². The van der Waals surface area contributed by atoms with Crippen molar-refractivity contribution in [3.8, 4) is 0 Å². The summed E-state index contributed by atoms with van der Waals surface area (Å²) in [5.74, 6) is -0.195. The first-order valence-electron chi connectivity index (χ1n) is 6.09. The first kappa shape index (κ1) is 15.8. The Morgan fingerprint density at radius 3 is 2.62 bits per heavy atom. The van der Waals surface area contributed by atoms with Crippen LogP contribution in [0.25, 0.3) is 0 Å². The normalized spacial score (nSPS) is 10.2. The Labute approximate surface area is 138 Å². The van der Waals surface area contributed by atoms with Gasteiger partial charge in [0.1, 0.15) is 4.99 Å². The molecule has 0 heterocycles. The lowest BCUT2D eigenvalue weighted by molar-refractivity contribution is -0.115. The van der Waals surface area contributed by atoms with Crippen molar-refractivity contribution in [2.24, 2.45) is 5.73 Å². The maximum Gasteiger partial charge on any atom is 0.228 e. The standard InChI is InChI=1S/C15H12Cl2N2OS/c16-11-3-1-2-9(6-11)7-14(20)19-13-8-10(15(18)21)4-5-12(13)17/h1-6,8H,7H2,(H2,18,21)(H,19,20). The molecule has 0 unspecified atom stereocenters. The average molecular weight is 339 g/mol. The van der Waals surface area contributed by atoms with Crippen molar-refractivity contribution in [1.82, 2.24) is 0 Å². The van der Waals surface area contributed by atoms with Crippen LogP contribution in [0, 0.1) is 0 Å². The molecule has 0 saturated carbocycles. The molecule has 108 valence electrons. The maximum absolute atomic E-state index is 12.0. The molecule has 0 aliphatic heterocycles. The third-order valence-corrected chi connectivity index (χ3v) is 3.58. The molecule has 2 rings (SSSR count). The molecule has 3 nitrogen and oxygen atoms in total. The number of nitrogens with one attached hydrogen (secondary N) is 1. The Morgan fingerprint density at radius 2 is 1.95 bits per heavy atom. The van der Waals surface area contributed by atoms with Crippen LogP contribution in [0.5, 0.6) is 0 Å². The van der Waals surface area contributed by atoms with Crippen molar-refractivity contribution in [3.63, 3.8) is 0 Å². The van der Waals surface area contributed by atoms with Crippen LogP contribution in [0.15, 0.2) is 42.5 Å². The highest BCUT2D eigenvalue weighted by atomic mass is 35.5. The predicted octanol–water partition coefficient (Wildman–Crippen LogP) is 3.81. The minimum atomic E-state index is -0.195. The lowest BCUT2D eigenvalue weighted by atomic mass is 10.1. The van der Waals surface area contributed by atoms with Crippen LogP contribution in [-0.2, 0) is 11.2 Å². The fraction of sp³-hybridized carbons (Fsp3) is 0.0667. The van der Waals surface area contributed by atoms with Crippen molar-refractivity contribution in [2.45, 2.75) is 6.42 Å². The molecule has 0 radical (unpaired) electrons. The minimum absolute atomic E-state index is 0.195. The van der Waals surface area contributed by atoms with Gasteiger partial charge in [-0.05, 0) is 29.8 Å². The number of rotatable bonds is 4. The highest BCUT2D eigenvalue weighted by Crippen LogP contribution is 2.23. The van der Waals surface area contributed by atoms with Crippen LogP contribution in [0.1, 0.15) is 11.1 Å². The molecule has 21 heavy (non-hydrogen) atoms. The number of carbonyl (C=O) groups is 1. The van der Waals surface area contributed by atoms with E-state index in [0.717, 1.165) is 5.56 Å². The van der Waals surface area contributed by atoms with E-state index in [0.29, 0.717) is 21.3 Å². The smallest absolute Gasteiger partial charge is 0.228 e. The number of halogens is 2. The van der Waals surface area contributed by atoms with Gasteiger partial charge < -0.3 is 11.1 Å². The highest BCUT2D eigenvalue weighted by molar-refractivity contribution is 7.80. The molecule has 0 saturated heterocycles. The average Bonchev–Trinajstić information content (AvgIpc) is 2.41. The van der Waals surface area contributed by atoms with Crippen LogP contribution < -0.4 is 11.1 Å². The first-order valence-corrected chi connectivity index (χ1v) is 7.26. The molecule has 0 bridgehead atoms. The van der Waals surface area contributed by atoms with E-state index in [-0.39, 0.29) is 17.3 Å². The van der Waals surface area contributed by atoms with E-state index < -0.39 is 0 Å². The Balaban J connectivity index is 2.12. The van der Waals surface area contributed by atoms with Crippen LogP contribution in [0.3, 0.4) is 0 Å². The second-order valence-corrected chi connectivity index (χ2v) is 5.70. The maximum atomic E-state index is 12.0. The van der Waals surface area contributed by atoms with Gasteiger partial charge in [0.05, 0.1) is 17.1 Å². The molecule has 6 heteroatoms. The summed E-state index contributed by atoms with van der Waals surface area (Å²) in [6.07, 6.45) is 0.203. The molecule has 0 aromatic heterocycles.